The normalized spacial score (nSPS) is 12.1. The smallest absolute Gasteiger partial charge is 0.244 e. The topological polar surface area (TPSA) is 94.1 Å². The molecule has 0 saturated heterocycles. The van der Waals surface area contributed by atoms with Crippen molar-refractivity contribution in [2.24, 2.45) is 0 Å². The summed E-state index contributed by atoms with van der Waals surface area (Å²) in [6.45, 7) is 0.799. The Morgan fingerprint density at radius 2 is 1.93 bits per heavy atom. The van der Waals surface area contributed by atoms with Crippen molar-refractivity contribution >= 4 is 28.4 Å². The average Bonchev–Trinajstić information content (AvgIpc) is 3.21. The van der Waals surface area contributed by atoms with Crippen LogP contribution >= 0.6 is 0 Å². The van der Waals surface area contributed by atoms with Crippen molar-refractivity contribution in [2.75, 3.05) is 17.4 Å². The van der Waals surface area contributed by atoms with Gasteiger partial charge >= 0.3 is 0 Å². The van der Waals surface area contributed by atoms with Crippen LogP contribution in [0.2, 0.25) is 0 Å². The molecule has 0 saturated carbocycles. The number of hydrogen-bond acceptors (Lipinski definition) is 8. The third kappa shape index (κ3) is 3.23. The molecule has 0 fully saturated rings. The SMILES string of the molecule is c1cnc2c(Nc3cnnc(NCc4ccc5c(c4)OCO5)n3)cccc2c1. The Hall–Kier alpha value is -3.94. The molecule has 0 unspecified atom stereocenters. The Morgan fingerprint density at radius 1 is 1.00 bits per heavy atom. The van der Waals surface area contributed by atoms with Gasteiger partial charge in [-0.05, 0) is 29.8 Å². The fourth-order valence-electron chi connectivity index (χ4n) is 3.01. The zero-order chi connectivity index (χ0) is 18.8. The van der Waals surface area contributed by atoms with Crippen LogP contribution in [0.5, 0.6) is 11.5 Å². The van der Waals surface area contributed by atoms with Crippen molar-refractivity contribution in [1.29, 1.82) is 0 Å². The van der Waals surface area contributed by atoms with Crippen LogP contribution in [0.15, 0.2) is 60.9 Å². The van der Waals surface area contributed by atoms with E-state index < -0.39 is 0 Å². The summed E-state index contributed by atoms with van der Waals surface area (Å²) in [6.07, 6.45) is 3.34. The molecule has 0 bridgehead atoms. The first-order valence-electron chi connectivity index (χ1n) is 8.78. The lowest BCUT2D eigenvalue weighted by atomic mass is 10.2. The minimum atomic E-state index is 0.260. The van der Waals surface area contributed by atoms with E-state index in [1.165, 1.54) is 0 Å². The molecule has 8 nitrogen and oxygen atoms in total. The highest BCUT2D eigenvalue weighted by molar-refractivity contribution is 5.91. The number of anilines is 3. The summed E-state index contributed by atoms with van der Waals surface area (Å²) in [5.41, 5.74) is 2.77. The number of hydrogen-bond donors (Lipinski definition) is 2. The third-order valence-corrected chi connectivity index (χ3v) is 4.34. The second-order valence-electron chi connectivity index (χ2n) is 6.21. The largest absolute Gasteiger partial charge is 0.454 e. The van der Waals surface area contributed by atoms with Gasteiger partial charge in [-0.15, -0.1) is 5.10 Å². The first kappa shape index (κ1) is 16.2. The van der Waals surface area contributed by atoms with Gasteiger partial charge < -0.3 is 20.1 Å². The quantitative estimate of drug-likeness (QED) is 0.550. The minimum absolute atomic E-state index is 0.260. The molecule has 2 aromatic heterocycles. The van der Waals surface area contributed by atoms with Crippen molar-refractivity contribution in [2.45, 2.75) is 6.54 Å². The molecule has 1 aliphatic rings. The Labute approximate surface area is 160 Å². The number of fused-ring (bicyclic) bond motifs is 2. The van der Waals surface area contributed by atoms with Crippen LogP contribution in [0.25, 0.3) is 10.9 Å². The van der Waals surface area contributed by atoms with E-state index >= 15 is 0 Å². The van der Waals surface area contributed by atoms with Crippen LogP contribution in [0, 0.1) is 0 Å². The van der Waals surface area contributed by atoms with E-state index in [-0.39, 0.29) is 6.79 Å². The number of aromatic nitrogens is 4. The summed E-state index contributed by atoms with van der Waals surface area (Å²) in [5.74, 6) is 2.52. The summed E-state index contributed by atoms with van der Waals surface area (Å²) in [6, 6.07) is 15.7. The number of nitrogens with zero attached hydrogens (tertiary/aromatic N) is 4. The Bertz CT molecular complexity index is 1150. The van der Waals surface area contributed by atoms with E-state index in [0.717, 1.165) is 33.7 Å². The zero-order valence-corrected chi connectivity index (χ0v) is 14.8. The predicted octanol–water partition coefficient (Wildman–Crippen LogP) is 3.50. The van der Waals surface area contributed by atoms with Gasteiger partial charge in [0.1, 0.15) is 0 Å². The molecular weight excluding hydrogens is 356 g/mol. The van der Waals surface area contributed by atoms with Gasteiger partial charge in [-0.25, -0.2) is 0 Å². The Kier molecular flexibility index (Phi) is 4.06. The van der Waals surface area contributed by atoms with E-state index in [1.807, 2.05) is 48.5 Å². The van der Waals surface area contributed by atoms with Crippen LogP contribution in [-0.2, 0) is 6.54 Å². The molecule has 2 aromatic carbocycles. The number of ether oxygens (including phenoxy) is 2. The number of rotatable bonds is 5. The Morgan fingerprint density at radius 3 is 2.93 bits per heavy atom. The molecule has 0 amide bonds. The molecule has 0 radical (unpaired) electrons. The summed E-state index contributed by atoms with van der Waals surface area (Å²) in [5, 5.41) is 15.6. The van der Waals surface area contributed by atoms with Crippen molar-refractivity contribution in [3.05, 3.63) is 66.5 Å². The lowest BCUT2D eigenvalue weighted by Crippen LogP contribution is -2.06. The fraction of sp³-hybridized carbons (Fsp3) is 0.100. The summed E-state index contributed by atoms with van der Waals surface area (Å²) >= 11 is 0. The number of benzene rings is 2. The predicted molar refractivity (Wildman–Crippen MR) is 105 cm³/mol. The molecule has 4 aromatic rings. The number of pyridine rings is 1. The number of para-hydroxylation sites is 1. The summed E-state index contributed by atoms with van der Waals surface area (Å²) in [4.78, 5) is 8.92. The Balaban J connectivity index is 1.32. The van der Waals surface area contributed by atoms with Gasteiger partial charge in [0, 0.05) is 18.1 Å². The van der Waals surface area contributed by atoms with E-state index in [0.29, 0.717) is 18.3 Å². The highest BCUT2D eigenvalue weighted by Crippen LogP contribution is 2.32. The van der Waals surface area contributed by atoms with Crippen LogP contribution in [0.1, 0.15) is 5.56 Å². The maximum atomic E-state index is 5.40. The van der Waals surface area contributed by atoms with Gasteiger partial charge in [-0.3, -0.25) is 4.98 Å². The minimum Gasteiger partial charge on any atom is -0.454 e. The molecule has 0 aliphatic carbocycles. The van der Waals surface area contributed by atoms with Crippen molar-refractivity contribution in [3.8, 4) is 11.5 Å². The lowest BCUT2D eigenvalue weighted by molar-refractivity contribution is 0.174. The van der Waals surface area contributed by atoms with Gasteiger partial charge in [0.2, 0.25) is 12.7 Å². The molecule has 28 heavy (non-hydrogen) atoms. The molecule has 0 spiro atoms. The van der Waals surface area contributed by atoms with E-state index in [4.69, 9.17) is 9.47 Å². The van der Waals surface area contributed by atoms with Crippen LogP contribution in [-0.4, -0.2) is 27.0 Å². The van der Waals surface area contributed by atoms with E-state index in [2.05, 4.69) is 30.8 Å². The van der Waals surface area contributed by atoms with Crippen molar-refractivity contribution in [1.82, 2.24) is 20.2 Å². The van der Waals surface area contributed by atoms with E-state index in [1.54, 1.807) is 12.4 Å². The first-order chi connectivity index (χ1) is 13.8. The molecule has 0 atom stereocenters. The lowest BCUT2D eigenvalue weighted by Gasteiger charge is -2.09. The first-order valence-corrected chi connectivity index (χ1v) is 8.78. The average molecular weight is 372 g/mol. The molecule has 8 heteroatoms. The van der Waals surface area contributed by atoms with Crippen molar-refractivity contribution in [3.63, 3.8) is 0 Å². The standard InChI is InChI=1S/C20H16N6O2/c1-3-14-4-2-8-21-19(14)15(5-1)24-18-11-23-26-20(25-18)22-10-13-6-7-16-17(9-13)28-12-27-16/h1-9,11H,10,12H2,(H2,22,24,25,26). The zero-order valence-electron chi connectivity index (χ0n) is 14.8. The van der Waals surface area contributed by atoms with Crippen molar-refractivity contribution < 1.29 is 9.47 Å². The third-order valence-electron chi connectivity index (χ3n) is 4.34. The summed E-state index contributed by atoms with van der Waals surface area (Å²) in [7, 11) is 0. The number of nitrogens with one attached hydrogen (secondary N) is 2. The maximum Gasteiger partial charge on any atom is 0.244 e. The maximum absolute atomic E-state index is 5.40. The van der Waals surface area contributed by atoms with Crippen LogP contribution in [0.3, 0.4) is 0 Å². The fourth-order valence-corrected chi connectivity index (χ4v) is 3.01. The molecular formula is C20H16N6O2. The van der Waals surface area contributed by atoms with Gasteiger partial charge in [0.15, 0.2) is 17.3 Å². The molecule has 138 valence electrons. The van der Waals surface area contributed by atoms with Gasteiger partial charge in [-0.1, -0.05) is 24.3 Å². The van der Waals surface area contributed by atoms with Crippen LogP contribution < -0.4 is 20.1 Å². The monoisotopic (exact) mass is 372 g/mol. The van der Waals surface area contributed by atoms with Crippen LogP contribution in [0.4, 0.5) is 17.5 Å². The highest BCUT2D eigenvalue weighted by atomic mass is 16.7. The second-order valence-corrected chi connectivity index (χ2v) is 6.21. The van der Waals surface area contributed by atoms with Gasteiger partial charge in [0.05, 0.1) is 17.4 Å². The molecule has 3 heterocycles. The molecule has 2 N–H and O–H groups in total. The highest BCUT2D eigenvalue weighted by Gasteiger charge is 2.13. The van der Waals surface area contributed by atoms with Gasteiger partial charge in [0.25, 0.3) is 0 Å². The molecule has 1 aliphatic heterocycles. The second kappa shape index (κ2) is 6.99. The van der Waals surface area contributed by atoms with E-state index in [9.17, 15) is 0 Å². The summed E-state index contributed by atoms with van der Waals surface area (Å²) < 4.78 is 10.7. The van der Waals surface area contributed by atoms with Gasteiger partial charge in [-0.2, -0.15) is 10.1 Å². The molecule has 5 rings (SSSR count).